The number of benzene rings is 1. The first-order valence-electron chi connectivity index (χ1n) is 14.0. The molecule has 2 aliphatic heterocycles. The third kappa shape index (κ3) is 4.88. The SMILES string of the molecule is [CH2][C@H](c1cc(OCCN2C3CCC2CC(n2nc(NC)c4nnc(-c5ccccc5O)cc42)C3)no1)C(C)CO. The van der Waals surface area contributed by atoms with Gasteiger partial charge in [-0.15, -0.1) is 10.2 Å². The quantitative estimate of drug-likeness (QED) is 0.268. The molecule has 3 aromatic heterocycles. The Bertz CT molecular complexity index is 1460. The van der Waals surface area contributed by atoms with E-state index in [2.05, 4.69) is 37.2 Å². The second-order valence-electron chi connectivity index (χ2n) is 11.0. The minimum atomic E-state index is -0.174. The highest BCUT2D eigenvalue weighted by Crippen LogP contribution is 2.42. The van der Waals surface area contributed by atoms with E-state index in [1.165, 1.54) is 0 Å². The second-order valence-corrected chi connectivity index (χ2v) is 11.0. The summed E-state index contributed by atoms with van der Waals surface area (Å²) in [6, 6.07) is 12.1. The number of nitrogens with zero attached hydrogens (tertiary/aromatic N) is 6. The zero-order chi connectivity index (χ0) is 27.8. The number of para-hydroxylation sites is 1. The van der Waals surface area contributed by atoms with Crippen molar-refractivity contribution < 1.29 is 19.5 Å². The van der Waals surface area contributed by atoms with Gasteiger partial charge in [0.2, 0.25) is 0 Å². The first-order valence-corrected chi connectivity index (χ1v) is 14.0. The summed E-state index contributed by atoms with van der Waals surface area (Å²) in [5, 5.41) is 40.7. The van der Waals surface area contributed by atoms with Gasteiger partial charge in [-0.3, -0.25) is 9.58 Å². The van der Waals surface area contributed by atoms with Crippen LogP contribution >= 0.6 is 0 Å². The van der Waals surface area contributed by atoms with E-state index in [0.717, 1.165) is 43.3 Å². The summed E-state index contributed by atoms with van der Waals surface area (Å²) < 4.78 is 13.4. The lowest BCUT2D eigenvalue weighted by atomic mass is 9.94. The number of phenols is 1. The lowest BCUT2D eigenvalue weighted by Gasteiger charge is -2.39. The van der Waals surface area contributed by atoms with E-state index >= 15 is 0 Å². The maximum Gasteiger partial charge on any atom is 0.254 e. The summed E-state index contributed by atoms with van der Waals surface area (Å²) in [4.78, 5) is 2.56. The Hall–Kier alpha value is -3.70. The molecule has 1 radical (unpaired) electrons. The third-order valence-electron chi connectivity index (χ3n) is 8.52. The smallest absolute Gasteiger partial charge is 0.254 e. The van der Waals surface area contributed by atoms with E-state index in [0.29, 0.717) is 47.4 Å². The van der Waals surface area contributed by atoms with Crippen LogP contribution < -0.4 is 10.1 Å². The van der Waals surface area contributed by atoms with Crippen molar-refractivity contribution in [2.75, 3.05) is 32.1 Å². The molecule has 4 aromatic rings. The Morgan fingerprint density at radius 2 is 1.93 bits per heavy atom. The van der Waals surface area contributed by atoms with Gasteiger partial charge < -0.3 is 24.8 Å². The van der Waals surface area contributed by atoms with Crippen LogP contribution in [-0.2, 0) is 0 Å². The topological polar surface area (TPSA) is 135 Å². The summed E-state index contributed by atoms with van der Waals surface area (Å²) in [7, 11) is 1.85. The van der Waals surface area contributed by atoms with Crippen LogP contribution in [0, 0.1) is 12.8 Å². The van der Waals surface area contributed by atoms with Crippen molar-refractivity contribution in [1.82, 2.24) is 30.0 Å². The Morgan fingerprint density at radius 3 is 2.65 bits per heavy atom. The van der Waals surface area contributed by atoms with E-state index in [9.17, 15) is 10.2 Å². The maximum absolute atomic E-state index is 10.4. The number of aliphatic hydroxyl groups is 1. The Kier molecular flexibility index (Phi) is 7.33. The molecule has 40 heavy (non-hydrogen) atoms. The highest BCUT2D eigenvalue weighted by molar-refractivity contribution is 5.88. The molecular weight excluding hydrogens is 510 g/mol. The van der Waals surface area contributed by atoms with Gasteiger partial charge in [-0.25, -0.2) is 0 Å². The molecule has 2 saturated heterocycles. The second kappa shape index (κ2) is 11.1. The predicted octanol–water partition coefficient (Wildman–Crippen LogP) is 4.02. The fraction of sp³-hybridized carbons (Fsp3) is 0.483. The average Bonchev–Trinajstić information content (AvgIpc) is 3.66. The van der Waals surface area contributed by atoms with Gasteiger partial charge in [0.15, 0.2) is 11.3 Å². The van der Waals surface area contributed by atoms with E-state index < -0.39 is 0 Å². The first-order chi connectivity index (χ1) is 19.5. The highest BCUT2D eigenvalue weighted by atomic mass is 16.5. The number of hydrogen-bond acceptors (Lipinski definition) is 10. The molecule has 5 heterocycles. The summed E-state index contributed by atoms with van der Waals surface area (Å²) in [6.45, 7) is 7.37. The van der Waals surface area contributed by atoms with Crippen molar-refractivity contribution in [3.8, 4) is 22.9 Å². The number of anilines is 1. The van der Waals surface area contributed by atoms with E-state index in [-0.39, 0.29) is 30.2 Å². The number of nitrogens with one attached hydrogen (secondary N) is 1. The molecule has 3 unspecified atom stereocenters. The minimum Gasteiger partial charge on any atom is -0.507 e. The van der Waals surface area contributed by atoms with Crippen molar-refractivity contribution >= 4 is 16.9 Å². The lowest BCUT2D eigenvalue weighted by molar-refractivity contribution is 0.0858. The number of ether oxygens (including phenoxy) is 1. The predicted molar refractivity (Wildman–Crippen MR) is 150 cm³/mol. The van der Waals surface area contributed by atoms with Crippen LogP contribution in [0.3, 0.4) is 0 Å². The number of rotatable bonds is 10. The molecule has 4 atom stereocenters. The standard InChI is InChI=1S/C29H36N7O4/c1-17(16-37)18(2)26-15-27(34-40-26)39-11-10-35-19-8-9-20(35)13-21(12-19)36-24-14-23(22-6-4-5-7-25(22)38)31-32-28(24)29(30-3)33-36/h4-7,14-15,17-21,37-38H,2,8-13,16H2,1,3H3,(H,30,33)/t17?,18-,19?,20?,21?/m0/s1. The van der Waals surface area contributed by atoms with Crippen LogP contribution in [0.15, 0.2) is 40.9 Å². The van der Waals surface area contributed by atoms with Gasteiger partial charge in [-0.05, 0) is 61.9 Å². The van der Waals surface area contributed by atoms with Crippen LogP contribution in [0.1, 0.15) is 50.3 Å². The van der Waals surface area contributed by atoms with Crippen molar-refractivity contribution in [2.24, 2.45) is 5.92 Å². The number of aromatic hydroxyl groups is 1. The van der Waals surface area contributed by atoms with Crippen LogP contribution in [0.25, 0.3) is 22.3 Å². The molecular formula is C29H36N7O4. The van der Waals surface area contributed by atoms with Crippen molar-refractivity contribution in [1.29, 1.82) is 0 Å². The molecule has 11 heteroatoms. The fourth-order valence-corrected chi connectivity index (χ4v) is 6.19. The average molecular weight is 547 g/mol. The van der Waals surface area contributed by atoms with E-state index in [1.807, 2.05) is 32.2 Å². The van der Waals surface area contributed by atoms with Gasteiger partial charge >= 0.3 is 0 Å². The van der Waals surface area contributed by atoms with Crippen LogP contribution in [-0.4, -0.2) is 79.1 Å². The van der Waals surface area contributed by atoms with Gasteiger partial charge in [0.25, 0.3) is 5.88 Å². The normalized spacial score (nSPS) is 22.4. The zero-order valence-corrected chi connectivity index (χ0v) is 22.9. The molecule has 2 fully saturated rings. The number of phenolic OH excluding ortho intramolecular Hbond substituents is 1. The molecule has 1 aromatic carbocycles. The number of aliphatic hydroxyl groups excluding tert-OH is 1. The Morgan fingerprint density at radius 1 is 1.15 bits per heavy atom. The number of hydrogen-bond donors (Lipinski definition) is 3. The van der Waals surface area contributed by atoms with Gasteiger partial charge in [0, 0.05) is 49.8 Å². The molecule has 6 rings (SSSR count). The molecule has 0 amide bonds. The van der Waals surface area contributed by atoms with Crippen molar-refractivity contribution in [3.63, 3.8) is 0 Å². The summed E-state index contributed by atoms with van der Waals surface area (Å²) >= 11 is 0. The molecule has 2 bridgehead atoms. The zero-order valence-electron chi connectivity index (χ0n) is 22.9. The summed E-state index contributed by atoms with van der Waals surface area (Å²) in [5.41, 5.74) is 2.92. The van der Waals surface area contributed by atoms with Crippen LogP contribution in [0.5, 0.6) is 11.6 Å². The van der Waals surface area contributed by atoms with Gasteiger partial charge in [-0.1, -0.05) is 19.1 Å². The van der Waals surface area contributed by atoms with Crippen molar-refractivity contribution in [2.45, 2.75) is 56.7 Å². The van der Waals surface area contributed by atoms with Gasteiger partial charge in [-0.2, -0.15) is 5.10 Å². The molecule has 211 valence electrons. The molecule has 3 N–H and O–H groups in total. The molecule has 11 nitrogen and oxygen atoms in total. The van der Waals surface area contributed by atoms with E-state index in [1.54, 1.807) is 18.2 Å². The first kappa shape index (κ1) is 26.5. The fourth-order valence-electron chi connectivity index (χ4n) is 6.19. The summed E-state index contributed by atoms with van der Waals surface area (Å²) in [5.74, 6) is 1.78. The number of fused-ring (bicyclic) bond motifs is 3. The monoisotopic (exact) mass is 546 g/mol. The van der Waals surface area contributed by atoms with Crippen molar-refractivity contribution in [3.05, 3.63) is 49.1 Å². The highest BCUT2D eigenvalue weighted by Gasteiger charge is 2.42. The Labute approximate surface area is 233 Å². The van der Waals surface area contributed by atoms with Gasteiger partial charge in [0.05, 0.1) is 17.3 Å². The lowest BCUT2D eigenvalue weighted by Crippen LogP contribution is -2.45. The minimum absolute atomic E-state index is 0.0158. The van der Waals surface area contributed by atoms with Gasteiger partial charge in [0.1, 0.15) is 18.1 Å². The maximum atomic E-state index is 10.4. The molecule has 2 aliphatic rings. The molecule has 0 spiro atoms. The van der Waals surface area contributed by atoms with E-state index in [4.69, 9.17) is 14.4 Å². The Balaban J connectivity index is 1.15. The third-order valence-corrected chi connectivity index (χ3v) is 8.52. The van der Waals surface area contributed by atoms with Crippen LogP contribution in [0.2, 0.25) is 0 Å². The molecule has 0 saturated carbocycles. The number of aromatic nitrogens is 5. The largest absolute Gasteiger partial charge is 0.507 e. The molecule has 0 aliphatic carbocycles. The number of piperidine rings is 1. The van der Waals surface area contributed by atoms with Crippen LogP contribution in [0.4, 0.5) is 5.82 Å². The summed E-state index contributed by atoms with van der Waals surface area (Å²) in [6.07, 6.45) is 4.28.